The molecule has 0 aliphatic heterocycles. The van der Waals surface area contributed by atoms with Gasteiger partial charge in [0.25, 0.3) is 0 Å². The van der Waals surface area contributed by atoms with Crippen molar-refractivity contribution in [2.75, 3.05) is 6.26 Å². The molecule has 2 aromatic heterocycles. The second-order valence-corrected chi connectivity index (χ2v) is 8.09. The largest absolute Gasteiger partial charge is 0.361 e. The van der Waals surface area contributed by atoms with Crippen molar-refractivity contribution in [1.82, 2.24) is 10.3 Å². The lowest BCUT2D eigenvalue weighted by Crippen LogP contribution is -2.15. The monoisotopic (exact) mass is 336 g/mol. The van der Waals surface area contributed by atoms with Gasteiger partial charge < -0.3 is 9.05 Å². The lowest BCUT2D eigenvalue weighted by atomic mass is 9.88. The Morgan fingerprint density at radius 1 is 1.09 bits per heavy atom. The van der Waals surface area contributed by atoms with Crippen LogP contribution in [0, 0.1) is 20.8 Å². The summed E-state index contributed by atoms with van der Waals surface area (Å²) in [6.07, 6.45) is 5.15. The lowest BCUT2D eigenvalue weighted by Gasteiger charge is -2.23. The molecule has 1 unspecified atom stereocenters. The van der Waals surface area contributed by atoms with Gasteiger partial charge >= 0.3 is 0 Å². The Hall–Kier alpha value is -1.23. The lowest BCUT2D eigenvalue weighted by molar-refractivity contribution is 0.386. The molecule has 2 rings (SSSR count). The third-order valence-corrected chi connectivity index (χ3v) is 5.99. The zero-order valence-corrected chi connectivity index (χ0v) is 16.1. The van der Waals surface area contributed by atoms with Crippen molar-refractivity contribution in [3.05, 3.63) is 34.0 Å². The molecule has 0 aliphatic carbocycles. The van der Waals surface area contributed by atoms with E-state index in [1.165, 1.54) is 11.1 Å². The van der Waals surface area contributed by atoms with Gasteiger partial charge in [-0.15, -0.1) is 0 Å². The van der Waals surface area contributed by atoms with Crippen LogP contribution in [0.1, 0.15) is 73.6 Å². The van der Waals surface area contributed by atoms with Crippen molar-refractivity contribution in [3.63, 3.8) is 0 Å². The van der Waals surface area contributed by atoms with Crippen LogP contribution in [0.3, 0.4) is 0 Å². The van der Waals surface area contributed by atoms with Crippen molar-refractivity contribution < 1.29 is 9.05 Å². The fourth-order valence-electron chi connectivity index (χ4n) is 3.40. The predicted molar refractivity (Wildman–Crippen MR) is 95.1 cm³/mol. The molecular weight excluding hydrogens is 308 g/mol. The molecule has 1 atom stereocenters. The maximum Gasteiger partial charge on any atom is 0.138 e. The van der Waals surface area contributed by atoms with Crippen LogP contribution in [0.5, 0.6) is 0 Å². The fourth-order valence-corrected chi connectivity index (χ4v) is 3.86. The molecule has 0 bridgehead atoms. The fraction of sp³-hybridized carbons (Fsp3) is 0.667. The first-order valence-corrected chi connectivity index (χ1v) is 9.47. The highest BCUT2D eigenvalue weighted by atomic mass is 32.2. The molecule has 0 aromatic carbocycles. The average molecular weight is 337 g/mol. The molecule has 0 fully saturated rings. The van der Waals surface area contributed by atoms with Gasteiger partial charge in [0, 0.05) is 15.9 Å². The third kappa shape index (κ3) is 3.65. The zero-order valence-electron chi connectivity index (χ0n) is 15.3. The minimum atomic E-state index is 0.0180. The number of hydrogen-bond donors (Lipinski definition) is 0. The number of aryl methyl sites for hydroxylation is 4. The van der Waals surface area contributed by atoms with E-state index in [0.717, 1.165) is 42.2 Å². The zero-order chi connectivity index (χ0) is 17.2. The second-order valence-electron chi connectivity index (χ2n) is 6.66. The van der Waals surface area contributed by atoms with E-state index in [0.29, 0.717) is 5.92 Å². The van der Waals surface area contributed by atoms with Crippen molar-refractivity contribution in [1.29, 1.82) is 0 Å². The van der Waals surface area contributed by atoms with E-state index in [2.05, 4.69) is 37.3 Å². The Morgan fingerprint density at radius 3 is 2.26 bits per heavy atom. The first-order valence-electron chi connectivity index (χ1n) is 8.25. The van der Waals surface area contributed by atoms with Gasteiger partial charge in [0.2, 0.25) is 0 Å². The summed E-state index contributed by atoms with van der Waals surface area (Å²) >= 11 is 1.83. The Bertz CT molecular complexity index is 639. The maximum atomic E-state index is 5.49. The summed E-state index contributed by atoms with van der Waals surface area (Å²) in [7, 11) is 0. The summed E-state index contributed by atoms with van der Waals surface area (Å²) in [6.45, 7) is 12.7. The van der Waals surface area contributed by atoms with Crippen LogP contribution >= 0.6 is 11.8 Å². The molecule has 0 aliphatic rings. The van der Waals surface area contributed by atoms with Crippen LogP contribution in [-0.2, 0) is 11.2 Å². The van der Waals surface area contributed by atoms with E-state index >= 15 is 0 Å². The molecule has 2 aromatic rings. The highest BCUT2D eigenvalue weighted by Crippen LogP contribution is 2.39. The van der Waals surface area contributed by atoms with Crippen molar-refractivity contribution in [2.24, 2.45) is 0 Å². The molecule has 2 heterocycles. The van der Waals surface area contributed by atoms with Gasteiger partial charge in [0.15, 0.2) is 0 Å². The molecule has 4 nitrogen and oxygen atoms in total. The van der Waals surface area contributed by atoms with E-state index in [-0.39, 0.29) is 4.75 Å². The summed E-state index contributed by atoms with van der Waals surface area (Å²) in [6, 6.07) is 0. The number of rotatable bonds is 7. The highest BCUT2D eigenvalue weighted by molar-refractivity contribution is 7.99. The molecule has 0 spiro atoms. The van der Waals surface area contributed by atoms with E-state index in [1.54, 1.807) is 0 Å². The van der Waals surface area contributed by atoms with Crippen molar-refractivity contribution in [2.45, 2.75) is 71.5 Å². The Morgan fingerprint density at radius 2 is 1.74 bits per heavy atom. The number of nitrogens with zero attached hydrogens (tertiary/aromatic N) is 2. The summed E-state index contributed by atoms with van der Waals surface area (Å²) in [5, 5.41) is 8.44. The quantitative estimate of drug-likeness (QED) is 0.685. The van der Waals surface area contributed by atoms with Crippen LogP contribution in [0.4, 0.5) is 0 Å². The summed E-state index contributed by atoms with van der Waals surface area (Å²) < 4.78 is 10.9. The van der Waals surface area contributed by atoms with E-state index in [4.69, 9.17) is 9.05 Å². The smallest absolute Gasteiger partial charge is 0.138 e. The van der Waals surface area contributed by atoms with Crippen LogP contribution in [-0.4, -0.2) is 16.6 Å². The van der Waals surface area contributed by atoms with Crippen LogP contribution in [0.15, 0.2) is 9.05 Å². The van der Waals surface area contributed by atoms with Crippen LogP contribution in [0.25, 0.3) is 0 Å². The summed E-state index contributed by atoms with van der Waals surface area (Å²) in [5.41, 5.74) is 4.61. The van der Waals surface area contributed by atoms with Gasteiger partial charge in [-0.05, 0) is 66.1 Å². The highest BCUT2D eigenvalue weighted by Gasteiger charge is 2.29. The van der Waals surface area contributed by atoms with Crippen molar-refractivity contribution in [3.8, 4) is 0 Å². The predicted octanol–water partition coefficient (Wildman–Crippen LogP) is 5.31. The molecule has 0 N–H and O–H groups in total. The standard InChI is InChI=1S/C18H28N2O2S/c1-8-14(16-11(2)19-21-12(16)3)9-10-15-17(13(4)22-20-15)18(5,6)23-7/h14H,8-10H2,1-7H3. The minimum absolute atomic E-state index is 0.0180. The first-order chi connectivity index (χ1) is 10.8. The van der Waals surface area contributed by atoms with Gasteiger partial charge in [-0.2, -0.15) is 11.8 Å². The number of hydrogen-bond acceptors (Lipinski definition) is 5. The van der Waals surface area contributed by atoms with E-state index in [1.807, 2.05) is 32.5 Å². The van der Waals surface area contributed by atoms with Gasteiger partial charge in [-0.3, -0.25) is 0 Å². The Kier molecular flexibility index (Phi) is 5.61. The molecule has 0 radical (unpaired) electrons. The molecule has 5 heteroatoms. The molecule has 0 saturated heterocycles. The Labute approximate surface area is 143 Å². The van der Waals surface area contributed by atoms with E-state index < -0.39 is 0 Å². The van der Waals surface area contributed by atoms with Gasteiger partial charge in [-0.25, -0.2) is 0 Å². The number of aromatic nitrogens is 2. The normalized spacial score (nSPS) is 13.5. The summed E-state index contributed by atoms with van der Waals surface area (Å²) in [5.74, 6) is 2.32. The minimum Gasteiger partial charge on any atom is -0.361 e. The third-order valence-electron chi connectivity index (χ3n) is 4.77. The summed E-state index contributed by atoms with van der Waals surface area (Å²) in [4.78, 5) is 0. The first kappa shape index (κ1) is 18.1. The SMILES string of the molecule is CCC(CCc1noc(C)c1C(C)(C)SC)c1c(C)noc1C. The topological polar surface area (TPSA) is 52.1 Å². The molecular formula is C18H28N2O2S. The van der Waals surface area contributed by atoms with Crippen molar-refractivity contribution >= 4 is 11.8 Å². The second kappa shape index (κ2) is 7.12. The van der Waals surface area contributed by atoms with Crippen LogP contribution < -0.4 is 0 Å². The molecule has 128 valence electrons. The Balaban J connectivity index is 2.21. The van der Waals surface area contributed by atoms with E-state index in [9.17, 15) is 0 Å². The molecule has 23 heavy (non-hydrogen) atoms. The van der Waals surface area contributed by atoms with Gasteiger partial charge in [0.1, 0.15) is 11.5 Å². The van der Waals surface area contributed by atoms with Crippen LogP contribution in [0.2, 0.25) is 0 Å². The molecule has 0 saturated carbocycles. The van der Waals surface area contributed by atoms with Gasteiger partial charge in [0.05, 0.1) is 11.4 Å². The maximum absolute atomic E-state index is 5.49. The average Bonchev–Trinajstić information content (AvgIpc) is 3.04. The number of thioether (sulfide) groups is 1. The molecule has 0 amide bonds. The van der Waals surface area contributed by atoms with Gasteiger partial charge in [-0.1, -0.05) is 17.2 Å².